The quantitative estimate of drug-likeness (QED) is 0.835. The number of Topliss-reactive ketones (excluding diaryl/α,β-unsaturated/α-hetero) is 1. The summed E-state index contributed by atoms with van der Waals surface area (Å²) in [5, 5.41) is 2.90. The van der Waals surface area contributed by atoms with Crippen molar-refractivity contribution >= 4 is 11.7 Å². The Labute approximate surface area is 170 Å². The standard InChI is InChI=1S/C22H27NO6/c1-10-6-13-14(7-11(10)2)29-21-17(19(13)24)18(23-22(21)25)12-8-15(26-3)20(28-5)16(9-12)27-4/h8-11,13-14,18H,6-7H2,1-5H3,(H,23,25). The fourth-order valence-electron chi connectivity index (χ4n) is 4.72. The Hall–Kier alpha value is -2.70. The second kappa shape index (κ2) is 7.28. The van der Waals surface area contributed by atoms with Crippen molar-refractivity contribution in [3.05, 3.63) is 29.0 Å². The second-order valence-corrected chi connectivity index (χ2v) is 8.16. The minimum absolute atomic E-state index is 0.00658. The number of amides is 1. The van der Waals surface area contributed by atoms with Crippen molar-refractivity contribution in [1.29, 1.82) is 0 Å². The normalized spacial score (nSPS) is 30.9. The third kappa shape index (κ3) is 3.03. The molecule has 1 N–H and O–H groups in total. The maximum Gasteiger partial charge on any atom is 0.287 e. The van der Waals surface area contributed by atoms with Crippen LogP contribution in [0.2, 0.25) is 0 Å². The molecular weight excluding hydrogens is 374 g/mol. The Morgan fingerprint density at radius 3 is 2.17 bits per heavy atom. The molecule has 156 valence electrons. The molecule has 2 heterocycles. The fourth-order valence-corrected chi connectivity index (χ4v) is 4.72. The van der Waals surface area contributed by atoms with Gasteiger partial charge in [0.2, 0.25) is 5.75 Å². The van der Waals surface area contributed by atoms with E-state index in [1.54, 1.807) is 12.1 Å². The number of fused-ring (bicyclic) bond motifs is 1. The topological polar surface area (TPSA) is 83.1 Å². The van der Waals surface area contributed by atoms with Gasteiger partial charge < -0.3 is 24.3 Å². The number of hydrogen-bond donors (Lipinski definition) is 1. The van der Waals surface area contributed by atoms with Gasteiger partial charge in [0.05, 0.1) is 38.9 Å². The lowest BCUT2D eigenvalue weighted by Gasteiger charge is -2.40. The Balaban J connectivity index is 1.76. The summed E-state index contributed by atoms with van der Waals surface area (Å²) >= 11 is 0. The summed E-state index contributed by atoms with van der Waals surface area (Å²) in [4.78, 5) is 26.1. The molecule has 0 radical (unpaired) electrons. The number of methoxy groups -OCH3 is 3. The molecule has 7 nitrogen and oxygen atoms in total. The molecule has 5 unspecified atom stereocenters. The monoisotopic (exact) mass is 401 g/mol. The van der Waals surface area contributed by atoms with Crippen LogP contribution < -0.4 is 19.5 Å². The number of ketones is 1. The maximum atomic E-state index is 13.4. The molecule has 29 heavy (non-hydrogen) atoms. The molecule has 1 amide bonds. The number of carbonyl (C=O) groups excluding carboxylic acids is 2. The third-order valence-electron chi connectivity index (χ3n) is 6.56. The second-order valence-electron chi connectivity index (χ2n) is 8.16. The number of ether oxygens (including phenoxy) is 4. The van der Waals surface area contributed by atoms with Gasteiger partial charge in [-0.1, -0.05) is 13.8 Å². The van der Waals surface area contributed by atoms with Crippen LogP contribution >= 0.6 is 0 Å². The van der Waals surface area contributed by atoms with Gasteiger partial charge in [0.15, 0.2) is 23.0 Å². The Bertz CT molecular complexity index is 866. The van der Waals surface area contributed by atoms with E-state index in [4.69, 9.17) is 18.9 Å². The van der Waals surface area contributed by atoms with Crippen LogP contribution in [0, 0.1) is 17.8 Å². The Morgan fingerprint density at radius 2 is 1.59 bits per heavy atom. The molecule has 4 rings (SSSR count). The molecule has 0 aromatic heterocycles. The molecular formula is C22H27NO6. The van der Waals surface area contributed by atoms with Crippen molar-refractivity contribution in [2.24, 2.45) is 17.8 Å². The average molecular weight is 401 g/mol. The molecule has 5 atom stereocenters. The van der Waals surface area contributed by atoms with Crippen LogP contribution in [0.25, 0.3) is 0 Å². The van der Waals surface area contributed by atoms with Crippen LogP contribution in [0.3, 0.4) is 0 Å². The molecule has 3 aliphatic rings. The zero-order valence-electron chi connectivity index (χ0n) is 17.4. The predicted molar refractivity (Wildman–Crippen MR) is 105 cm³/mol. The summed E-state index contributed by atoms with van der Waals surface area (Å²) in [6.45, 7) is 4.35. The lowest BCUT2D eigenvalue weighted by molar-refractivity contribution is -0.134. The van der Waals surface area contributed by atoms with Gasteiger partial charge in [-0.25, -0.2) is 0 Å². The van der Waals surface area contributed by atoms with Crippen molar-refractivity contribution in [2.75, 3.05) is 21.3 Å². The number of carbonyl (C=O) groups is 2. The van der Waals surface area contributed by atoms with Crippen molar-refractivity contribution in [1.82, 2.24) is 5.32 Å². The SMILES string of the molecule is COc1cc(C2NC(=O)C3=C2C(=O)C2CC(C)C(C)CC2O3)cc(OC)c1OC. The first-order chi connectivity index (χ1) is 13.9. The summed E-state index contributed by atoms with van der Waals surface area (Å²) in [6.07, 6.45) is 1.34. The van der Waals surface area contributed by atoms with E-state index < -0.39 is 6.04 Å². The van der Waals surface area contributed by atoms with E-state index >= 15 is 0 Å². The Morgan fingerprint density at radius 1 is 0.966 bits per heavy atom. The molecule has 2 aliphatic heterocycles. The Kier molecular flexibility index (Phi) is 4.92. The molecule has 1 saturated carbocycles. The summed E-state index contributed by atoms with van der Waals surface area (Å²) in [5.41, 5.74) is 1.10. The first kappa shape index (κ1) is 19.6. The number of benzene rings is 1. The zero-order chi connectivity index (χ0) is 20.9. The van der Waals surface area contributed by atoms with Crippen molar-refractivity contribution in [3.8, 4) is 17.2 Å². The van der Waals surface area contributed by atoms with Gasteiger partial charge >= 0.3 is 0 Å². The highest BCUT2D eigenvalue weighted by molar-refractivity contribution is 6.11. The third-order valence-corrected chi connectivity index (χ3v) is 6.56. The number of rotatable bonds is 4. The highest BCUT2D eigenvalue weighted by Gasteiger charge is 2.50. The van der Waals surface area contributed by atoms with Crippen LogP contribution in [0.5, 0.6) is 17.2 Å². The fraction of sp³-hybridized carbons (Fsp3) is 0.545. The molecule has 7 heteroatoms. The van der Waals surface area contributed by atoms with E-state index in [0.29, 0.717) is 40.2 Å². The highest BCUT2D eigenvalue weighted by atomic mass is 16.5. The number of hydrogen-bond acceptors (Lipinski definition) is 6. The molecule has 0 spiro atoms. The van der Waals surface area contributed by atoms with Crippen LogP contribution in [-0.4, -0.2) is 39.1 Å². The lowest BCUT2D eigenvalue weighted by atomic mass is 9.70. The van der Waals surface area contributed by atoms with Gasteiger partial charge in [-0.15, -0.1) is 0 Å². The lowest BCUT2D eigenvalue weighted by Crippen LogP contribution is -2.43. The van der Waals surface area contributed by atoms with E-state index in [2.05, 4.69) is 19.2 Å². The van der Waals surface area contributed by atoms with E-state index in [1.165, 1.54) is 21.3 Å². The van der Waals surface area contributed by atoms with E-state index in [9.17, 15) is 9.59 Å². The minimum Gasteiger partial charge on any atom is -0.493 e. The highest BCUT2D eigenvalue weighted by Crippen LogP contribution is 2.47. The summed E-state index contributed by atoms with van der Waals surface area (Å²) in [7, 11) is 4.59. The van der Waals surface area contributed by atoms with Crippen molar-refractivity contribution in [2.45, 2.75) is 38.8 Å². The minimum atomic E-state index is -0.602. The van der Waals surface area contributed by atoms with Gasteiger partial charge in [0, 0.05) is 0 Å². The van der Waals surface area contributed by atoms with Crippen LogP contribution in [0.15, 0.2) is 23.5 Å². The maximum absolute atomic E-state index is 13.4. The van der Waals surface area contributed by atoms with Crippen LogP contribution in [-0.2, 0) is 14.3 Å². The molecule has 1 aliphatic carbocycles. The van der Waals surface area contributed by atoms with Crippen LogP contribution in [0.4, 0.5) is 0 Å². The zero-order valence-corrected chi connectivity index (χ0v) is 17.4. The van der Waals surface area contributed by atoms with Gasteiger partial charge in [0.1, 0.15) is 6.10 Å². The first-order valence-electron chi connectivity index (χ1n) is 9.95. The largest absolute Gasteiger partial charge is 0.493 e. The molecule has 1 fully saturated rings. The average Bonchev–Trinajstić information content (AvgIpc) is 3.05. The predicted octanol–water partition coefficient (Wildman–Crippen LogP) is 2.79. The molecule has 1 aromatic carbocycles. The number of nitrogens with one attached hydrogen (secondary N) is 1. The van der Waals surface area contributed by atoms with E-state index in [1.807, 2.05) is 0 Å². The molecule has 0 saturated heterocycles. The molecule has 1 aromatic rings. The van der Waals surface area contributed by atoms with Gasteiger partial charge in [-0.3, -0.25) is 9.59 Å². The van der Waals surface area contributed by atoms with Crippen molar-refractivity contribution < 1.29 is 28.5 Å². The summed E-state index contributed by atoms with van der Waals surface area (Å²) in [6, 6.07) is 2.91. The van der Waals surface area contributed by atoms with Crippen molar-refractivity contribution in [3.63, 3.8) is 0 Å². The van der Waals surface area contributed by atoms with Gasteiger partial charge in [0.25, 0.3) is 5.91 Å². The van der Waals surface area contributed by atoms with Crippen LogP contribution in [0.1, 0.15) is 38.3 Å². The molecule has 0 bridgehead atoms. The van der Waals surface area contributed by atoms with E-state index in [0.717, 1.165) is 12.8 Å². The van der Waals surface area contributed by atoms with E-state index in [-0.39, 0.29) is 29.5 Å². The summed E-state index contributed by atoms with van der Waals surface area (Å²) in [5.74, 6) is 1.90. The van der Waals surface area contributed by atoms with Gasteiger partial charge in [-0.2, -0.15) is 0 Å². The van der Waals surface area contributed by atoms with Gasteiger partial charge in [-0.05, 0) is 42.4 Å². The smallest absolute Gasteiger partial charge is 0.287 e. The first-order valence-corrected chi connectivity index (χ1v) is 9.95. The summed E-state index contributed by atoms with van der Waals surface area (Å²) < 4.78 is 22.3.